The highest BCUT2D eigenvalue weighted by atomic mass is 32.1. The fourth-order valence-corrected chi connectivity index (χ4v) is 3.60. The van der Waals surface area contributed by atoms with Gasteiger partial charge in [-0.1, -0.05) is 30.4 Å². The molecule has 0 atom stereocenters. The number of carbonyl (C=O) groups is 1. The van der Waals surface area contributed by atoms with Crippen LogP contribution < -0.4 is 10.9 Å². The standard InChI is InChI=1S/C20H17N5O2S/c1-3-17-23-24-20(28-17)22-18(26)13-8-10-14(11-9-13)25-12(2)21-16-7-5-4-6-15(16)19(25)27/h4-11H,3H2,1-2H3,(H,22,24,26). The molecule has 0 aliphatic carbocycles. The number of hydrogen-bond acceptors (Lipinski definition) is 6. The van der Waals surface area contributed by atoms with Crippen molar-refractivity contribution in [1.82, 2.24) is 19.7 Å². The molecule has 1 N–H and O–H groups in total. The van der Waals surface area contributed by atoms with Crippen molar-refractivity contribution in [3.05, 3.63) is 75.3 Å². The van der Waals surface area contributed by atoms with E-state index in [0.29, 0.717) is 33.1 Å². The summed E-state index contributed by atoms with van der Waals surface area (Å²) in [4.78, 5) is 29.8. The number of aryl methyl sites for hydroxylation is 2. The molecule has 0 aliphatic heterocycles. The van der Waals surface area contributed by atoms with E-state index in [1.807, 2.05) is 25.1 Å². The van der Waals surface area contributed by atoms with Crippen LogP contribution in [0.15, 0.2) is 53.3 Å². The van der Waals surface area contributed by atoms with Gasteiger partial charge in [0.25, 0.3) is 11.5 Å². The summed E-state index contributed by atoms with van der Waals surface area (Å²) in [5.74, 6) is 0.313. The predicted molar refractivity (Wildman–Crippen MR) is 109 cm³/mol. The molecule has 0 aliphatic rings. The van der Waals surface area contributed by atoms with Gasteiger partial charge >= 0.3 is 0 Å². The maximum absolute atomic E-state index is 12.9. The Kier molecular flexibility index (Phi) is 4.70. The van der Waals surface area contributed by atoms with Gasteiger partial charge in [-0.3, -0.25) is 19.5 Å². The van der Waals surface area contributed by atoms with Crippen LogP contribution in [0, 0.1) is 6.92 Å². The number of para-hydroxylation sites is 1. The third-order valence-corrected chi connectivity index (χ3v) is 5.30. The number of hydrogen-bond donors (Lipinski definition) is 1. The smallest absolute Gasteiger partial charge is 0.265 e. The maximum atomic E-state index is 12.9. The minimum atomic E-state index is -0.272. The number of nitrogens with zero attached hydrogens (tertiary/aromatic N) is 4. The van der Waals surface area contributed by atoms with Crippen molar-refractivity contribution < 1.29 is 4.79 Å². The first-order valence-electron chi connectivity index (χ1n) is 8.79. The number of rotatable bonds is 4. The Hall–Kier alpha value is -3.39. The van der Waals surface area contributed by atoms with E-state index in [0.717, 1.165) is 11.4 Å². The topological polar surface area (TPSA) is 89.8 Å². The molecule has 0 radical (unpaired) electrons. The van der Waals surface area contributed by atoms with Gasteiger partial charge in [-0.25, -0.2) is 4.98 Å². The molecule has 0 fully saturated rings. The van der Waals surface area contributed by atoms with Crippen LogP contribution in [0.3, 0.4) is 0 Å². The molecular formula is C20H17N5O2S. The molecule has 4 rings (SSSR count). The van der Waals surface area contributed by atoms with E-state index in [2.05, 4.69) is 20.5 Å². The highest BCUT2D eigenvalue weighted by molar-refractivity contribution is 7.15. The maximum Gasteiger partial charge on any atom is 0.265 e. The van der Waals surface area contributed by atoms with Crippen LogP contribution in [0.1, 0.15) is 28.1 Å². The van der Waals surface area contributed by atoms with E-state index in [9.17, 15) is 9.59 Å². The third-order valence-electron chi connectivity index (χ3n) is 4.32. The van der Waals surface area contributed by atoms with Gasteiger partial charge in [-0.2, -0.15) is 0 Å². The van der Waals surface area contributed by atoms with Gasteiger partial charge in [-0.15, -0.1) is 10.2 Å². The lowest BCUT2D eigenvalue weighted by molar-refractivity contribution is 0.102. The fraction of sp³-hybridized carbons (Fsp3) is 0.150. The van der Waals surface area contributed by atoms with Crippen LogP contribution in [0.5, 0.6) is 0 Å². The average molecular weight is 391 g/mol. The lowest BCUT2D eigenvalue weighted by Crippen LogP contribution is -2.22. The zero-order valence-corrected chi connectivity index (χ0v) is 16.2. The average Bonchev–Trinajstić information content (AvgIpc) is 3.16. The summed E-state index contributed by atoms with van der Waals surface area (Å²) in [5, 5.41) is 12.6. The van der Waals surface area contributed by atoms with Gasteiger partial charge in [0.15, 0.2) is 0 Å². The summed E-state index contributed by atoms with van der Waals surface area (Å²) >= 11 is 1.35. The molecule has 7 nitrogen and oxygen atoms in total. The van der Waals surface area contributed by atoms with Crippen molar-refractivity contribution >= 4 is 33.3 Å². The third kappa shape index (κ3) is 3.29. The summed E-state index contributed by atoms with van der Waals surface area (Å²) in [6.45, 7) is 3.77. The van der Waals surface area contributed by atoms with Crippen molar-refractivity contribution in [3.63, 3.8) is 0 Å². The lowest BCUT2D eigenvalue weighted by Gasteiger charge is -2.11. The summed E-state index contributed by atoms with van der Waals surface area (Å²) in [6.07, 6.45) is 0.774. The second-order valence-electron chi connectivity index (χ2n) is 6.17. The van der Waals surface area contributed by atoms with E-state index < -0.39 is 0 Å². The van der Waals surface area contributed by atoms with E-state index in [4.69, 9.17) is 0 Å². The number of amides is 1. The summed E-state index contributed by atoms with van der Waals surface area (Å²) < 4.78 is 1.54. The van der Waals surface area contributed by atoms with Gasteiger partial charge in [-0.05, 0) is 49.7 Å². The molecule has 2 aromatic heterocycles. The Morgan fingerprint density at radius 2 is 1.86 bits per heavy atom. The zero-order chi connectivity index (χ0) is 19.7. The minimum absolute atomic E-state index is 0.138. The van der Waals surface area contributed by atoms with Crippen molar-refractivity contribution in [2.24, 2.45) is 0 Å². The minimum Gasteiger partial charge on any atom is -0.296 e. The highest BCUT2D eigenvalue weighted by Crippen LogP contribution is 2.18. The summed E-state index contributed by atoms with van der Waals surface area (Å²) in [6, 6.07) is 14.1. The molecule has 0 unspecified atom stereocenters. The first-order chi connectivity index (χ1) is 13.6. The van der Waals surface area contributed by atoms with Crippen LogP contribution in [-0.4, -0.2) is 25.7 Å². The van der Waals surface area contributed by atoms with Crippen molar-refractivity contribution in [1.29, 1.82) is 0 Å². The molecule has 2 heterocycles. The second kappa shape index (κ2) is 7.32. The first kappa shape index (κ1) is 18.0. The van der Waals surface area contributed by atoms with E-state index in [-0.39, 0.29) is 11.5 Å². The highest BCUT2D eigenvalue weighted by Gasteiger charge is 2.12. The Morgan fingerprint density at radius 3 is 2.57 bits per heavy atom. The SMILES string of the molecule is CCc1nnc(NC(=O)c2ccc(-n3c(C)nc4ccccc4c3=O)cc2)s1. The van der Waals surface area contributed by atoms with E-state index in [1.54, 1.807) is 41.8 Å². The van der Waals surface area contributed by atoms with Crippen LogP contribution in [0.2, 0.25) is 0 Å². The summed E-state index contributed by atoms with van der Waals surface area (Å²) in [5.41, 5.74) is 1.65. The number of fused-ring (bicyclic) bond motifs is 1. The fourth-order valence-electron chi connectivity index (χ4n) is 2.93. The van der Waals surface area contributed by atoms with Gasteiger partial charge in [0.05, 0.1) is 16.6 Å². The number of carbonyl (C=O) groups excluding carboxylic acids is 1. The van der Waals surface area contributed by atoms with E-state index in [1.165, 1.54) is 11.3 Å². The number of aromatic nitrogens is 4. The van der Waals surface area contributed by atoms with Crippen molar-refractivity contribution in [2.45, 2.75) is 20.3 Å². The first-order valence-corrected chi connectivity index (χ1v) is 9.61. The Labute approximate surface area is 164 Å². The molecule has 0 saturated carbocycles. The summed E-state index contributed by atoms with van der Waals surface area (Å²) in [7, 11) is 0. The van der Waals surface area contributed by atoms with Crippen LogP contribution in [0.4, 0.5) is 5.13 Å². The van der Waals surface area contributed by atoms with E-state index >= 15 is 0 Å². The molecule has 28 heavy (non-hydrogen) atoms. The monoisotopic (exact) mass is 391 g/mol. The molecule has 140 valence electrons. The quantitative estimate of drug-likeness (QED) is 0.576. The van der Waals surface area contributed by atoms with Crippen molar-refractivity contribution in [2.75, 3.05) is 5.32 Å². The van der Waals surface area contributed by atoms with Gasteiger partial charge in [0, 0.05) is 5.56 Å². The Balaban J connectivity index is 1.64. The van der Waals surface area contributed by atoms with Gasteiger partial charge in [0.1, 0.15) is 10.8 Å². The number of benzene rings is 2. The largest absolute Gasteiger partial charge is 0.296 e. The Morgan fingerprint density at radius 1 is 1.11 bits per heavy atom. The van der Waals surface area contributed by atoms with Crippen molar-refractivity contribution in [3.8, 4) is 5.69 Å². The molecule has 0 spiro atoms. The predicted octanol–water partition coefficient (Wildman–Crippen LogP) is 3.36. The van der Waals surface area contributed by atoms with Crippen LogP contribution in [-0.2, 0) is 6.42 Å². The van der Waals surface area contributed by atoms with Gasteiger partial charge < -0.3 is 0 Å². The molecular weight excluding hydrogens is 374 g/mol. The molecule has 0 bridgehead atoms. The molecule has 2 aromatic carbocycles. The van der Waals surface area contributed by atoms with Gasteiger partial charge in [0.2, 0.25) is 5.13 Å². The lowest BCUT2D eigenvalue weighted by atomic mass is 10.2. The normalized spacial score (nSPS) is 10.9. The molecule has 1 amide bonds. The number of anilines is 1. The molecule has 4 aromatic rings. The molecule has 0 saturated heterocycles. The zero-order valence-electron chi connectivity index (χ0n) is 15.3. The number of nitrogens with one attached hydrogen (secondary N) is 1. The van der Waals surface area contributed by atoms with Crippen LogP contribution in [0.25, 0.3) is 16.6 Å². The van der Waals surface area contributed by atoms with Crippen LogP contribution >= 0.6 is 11.3 Å². The second-order valence-corrected chi connectivity index (χ2v) is 7.23. The molecule has 8 heteroatoms. The Bertz CT molecular complexity index is 1230.